The van der Waals surface area contributed by atoms with Crippen molar-refractivity contribution in [3.8, 4) is 0 Å². The van der Waals surface area contributed by atoms with Gasteiger partial charge in [-0.25, -0.2) is 0 Å². The highest BCUT2D eigenvalue weighted by molar-refractivity contribution is 5.18. The van der Waals surface area contributed by atoms with E-state index in [0.29, 0.717) is 12.0 Å². The smallest absolute Gasteiger partial charge is 0.0492 e. The maximum Gasteiger partial charge on any atom is 0.0492 e. The van der Waals surface area contributed by atoms with Crippen LogP contribution in [0.1, 0.15) is 32.6 Å². The van der Waals surface area contributed by atoms with Crippen LogP contribution in [-0.4, -0.2) is 11.7 Å². The Morgan fingerprint density at radius 2 is 2.10 bits per heavy atom. The topological polar surface area (TPSA) is 20.2 Å². The summed E-state index contributed by atoms with van der Waals surface area (Å²) < 4.78 is 0. The number of aliphatic hydroxyl groups excluding tert-OH is 1. The van der Waals surface area contributed by atoms with Crippen molar-refractivity contribution < 1.29 is 5.11 Å². The SMILES string of the molecule is C[C](C1CC1)C1(CO)CC1. The van der Waals surface area contributed by atoms with Crippen LogP contribution in [0.3, 0.4) is 0 Å². The molecule has 2 aliphatic carbocycles. The van der Waals surface area contributed by atoms with E-state index in [4.69, 9.17) is 5.11 Å². The Bertz CT molecular complexity index is 134. The maximum absolute atomic E-state index is 9.08. The van der Waals surface area contributed by atoms with E-state index in [-0.39, 0.29) is 0 Å². The summed E-state index contributed by atoms with van der Waals surface area (Å²) in [4.78, 5) is 0. The summed E-state index contributed by atoms with van der Waals surface area (Å²) in [5.74, 6) is 2.48. The van der Waals surface area contributed by atoms with Gasteiger partial charge in [0.25, 0.3) is 0 Å². The number of rotatable bonds is 3. The molecular weight excluding hydrogens is 124 g/mol. The molecule has 2 rings (SSSR count). The molecule has 0 bridgehead atoms. The van der Waals surface area contributed by atoms with Crippen molar-refractivity contribution in [1.82, 2.24) is 0 Å². The lowest BCUT2D eigenvalue weighted by Gasteiger charge is -2.19. The Balaban J connectivity index is 1.95. The molecule has 1 radical (unpaired) electrons. The maximum atomic E-state index is 9.08. The second kappa shape index (κ2) is 1.97. The predicted octanol–water partition coefficient (Wildman–Crippen LogP) is 1.76. The lowest BCUT2D eigenvalue weighted by atomic mass is 9.87. The minimum Gasteiger partial charge on any atom is -0.396 e. The fraction of sp³-hybridized carbons (Fsp3) is 0.889. The molecule has 1 nitrogen and oxygen atoms in total. The average Bonchev–Trinajstić information content (AvgIpc) is 2.84. The molecule has 2 fully saturated rings. The Morgan fingerprint density at radius 3 is 2.40 bits per heavy atom. The standard InChI is InChI=1S/C9H15O/c1-7(8-2-3-8)9(6-10)4-5-9/h8,10H,2-6H2,1H3. The van der Waals surface area contributed by atoms with E-state index in [0.717, 1.165) is 5.92 Å². The van der Waals surface area contributed by atoms with Gasteiger partial charge in [0.1, 0.15) is 0 Å². The van der Waals surface area contributed by atoms with Gasteiger partial charge >= 0.3 is 0 Å². The van der Waals surface area contributed by atoms with E-state index in [1.807, 2.05) is 0 Å². The zero-order chi connectivity index (χ0) is 7.19. The van der Waals surface area contributed by atoms with Gasteiger partial charge in [0.05, 0.1) is 0 Å². The van der Waals surface area contributed by atoms with E-state index in [1.165, 1.54) is 25.7 Å². The van der Waals surface area contributed by atoms with Crippen molar-refractivity contribution in [3.05, 3.63) is 5.92 Å². The molecule has 10 heavy (non-hydrogen) atoms. The lowest BCUT2D eigenvalue weighted by Crippen LogP contribution is -2.16. The van der Waals surface area contributed by atoms with Gasteiger partial charge in [-0.2, -0.15) is 0 Å². The zero-order valence-corrected chi connectivity index (χ0v) is 6.56. The molecule has 2 aliphatic rings. The van der Waals surface area contributed by atoms with Crippen molar-refractivity contribution in [2.24, 2.45) is 11.3 Å². The number of hydrogen-bond donors (Lipinski definition) is 1. The van der Waals surface area contributed by atoms with Gasteiger partial charge in [0.2, 0.25) is 0 Å². The largest absolute Gasteiger partial charge is 0.396 e. The summed E-state index contributed by atoms with van der Waals surface area (Å²) in [6, 6.07) is 0. The molecule has 2 saturated carbocycles. The minimum atomic E-state index is 0.307. The van der Waals surface area contributed by atoms with Crippen molar-refractivity contribution >= 4 is 0 Å². The highest BCUT2D eigenvalue weighted by Gasteiger charge is 2.51. The molecule has 57 valence electrons. The molecule has 1 N–H and O–H groups in total. The Kier molecular flexibility index (Phi) is 1.31. The molecule has 0 atom stereocenters. The minimum absolute atomic E-state index is 0.307. The van der Waals surface area contributed by atoms with E-state index >= 15 is 0 Å². The first kappa shape index (κ1) is 6.66. The van der Waals surface area contributed by atoms with Gasteiger partial charge in [0.15, 0.2) is 0 Å². The third-order valence-electron chi connectivity index (χ3n) is 3.18. The van der Waals surface area contributed by atoms with Crippen molar-refractivity contribution in [3.63, 3.8) is 0 Å². The normalized spacial score (nSPS) is 29.1. The van der Waals surface area contributed by atoms with E-state index in [2.05, 4.69) is 6.92 Å². The zero-order valence-electron chi connectivity index (χ0n) is 6.56. The van der Waals surface area contributed by atoms with Crippen LogP contribution in [0.4, 0.5) is 0 Å². The van der Waals surface area contributed by atoms with Gasteiger partial charge in [-0.15, -0.1) is 0 Å². The number of aliphatic hydroxyl groups is 1. The van der Waals surface area contributed by atoms with Crippen LogP contribution in [0.2, 0.25) is 0 Å². The summed E-state index contributed by atoms with van der Waals surface area (Å²) in [7, 11) is 0. The first-order valence-corrected chi connectivity index (χ1v) is 4.23. The Labute approximate surface area is 62.4 Å². The molecule has 0 aliphatic heterocycles. The second-order valence-electron chi connectivity index (χ2n) is 3.90. The third-order valence-corrected chi connectivity index (χ3v) is 3.18. The van der Waals surface area contributed by atoms with Crippen LogP contribution in [-0.2, 0) is 0 Å². The molecule has 0 amide bonds. The van der Waals surface area contributed by atoms with Gasteiger partial charge in [-0.1, -0.05) is 6.92 Å². The second-order valence-corrected chi connectivity index (χ2v) is 3.90. The number of hydrogen-bond acceptors (Lipinski definition) is 1. The molecule has 1 heteroatoms. The molecule has 0 aromatic heterocycles. The Hall–Kier alpha value is -0.0400. The molecule has 0 aromatic carbocycles. The van der Waals surface area contributed by atoms with Crippen molar-refractivity contribution in [2.45, 2.75) is 32.6 Å². The third kappa shape index (κ3) is 0.878. The summed E-state index contributed by atoms with van der Waals surface area (Å²) in [6.07, 6.45) is 5.25. The summed E-state index contributed by atoms with van der Waals surface area (Å²) in [5, 5.41) is 9.08. The van der Waals surface area contributed by atoms with Gasteiger partial charge < -0.3 is 5.11 Å². The van der Waals surface area contributed by atoms with Crippen LogP contribution in [0.15, 0.2) is 0 Å². The van der Waals surface area contributed by atoms with Crippen LogP contribution in [0, 0.1) is 17.3 Å². The molecule has 0 spiro atoms. The van der Waals surface area contributed by atoms with Crippen LogP contribution in [0.5, 0.6) is 0 Å². The van der Waals surface area contributed by atoms with Crippen LogP contribution < -0.4 is 0 Å². The Morgan fingerprint density at radius 1 is 1.50 bits per heavy atom. The average molecular weight is 139 g/mol. The summed E-state index contributed by atoms with van der Waals surface area (Å²) >= 11 is 0. The van der Waals surface area contributed by atoms with E-state index < -0.39 is 0 Å². The molecule has 0 saturated heterocycles. The fourth-order valence-electron chi connectivity index (χ4n) is 1.78. The predicted molar refractivity (Wildman–Crippen MR) is 40.4 cm³/mol. The van der Waals surface area contributed by atoms with Crippen molar-refractivity contribution in [1.29, 1.82) is 0 Å². The molecule has 0 heterocycles. The van der Waals surface area contributed by atoms with Gasteiger partial charge in [-0.3, -0.25) is 0 Å². The molecular formula is C9H15O. The van der Waals surface area contributed by atoms with Gasteiger partial charge in [-0.05, 0) is 42.9 Å². The fourth-order valence-corrected chi connectivity index (χ4v) is 1.78. The quantitative estimate of drug-likeness (QED) is 0.631. The monoisotopic (exact) mass is 139 g/mol. The van der Waals surface area contributed by atoms with Crippen molar-refractivity contribution in [2.75, 3.05) is 6.61 Å². The molecule has 0 aromatic rings. The summed E-state index contributed by atoms with van der Waals surface area (Å²) in [6.45, 7) is 2.64. The highest BCUT2D eigenvalue weighted by atomic mass is 16.3. The van der Waals surface area contributed by atoms with E-state index in [1.54, 1.807) is 5.92 Å². The van der Waals surface area contributed by atoms with Gasteiger partial charge in [0, 0.05) is 6.61 Å². The molecule has 0 unspecified atom stereocenters. The van der Waals surface area contributed by atoms with Crippen LogP contribution >= 0.6 is 0 Å². The summed E-state index contributed by atoms with van der Waals surface area (Å²) in [5.41, 5.74) is 0.307. The van der Waals surface area contributed by atoms with E-state index in [9.17, 15) is 0 Å². The first-order chi connectivity index (χ1) is 4.78. The lowest BCUT2D eigenvalue weighted by molar-refractivity contribution is 0.213. The van der Waals surface area contributed by atoms with Crippen LogP contribution in [0.25, 0.3) is 0 Å². The first-order valence-electron chi connectivity index (χ1n) is 4.23. The highest BCUT2D eigenvalue weighted by Crippen LogP contribution is 2.59.